The number of rotatable bonds is 2. The van der Waals surface area contributed by atoms with Crippen LogP contribution in [0.5, 0.6) is 0 Å². The van der Waals surface area contributed by atoms with E-state index in [4.69, 9.17) is 5.26 Å². The molecule has 2 heterocycles. The summed E-state index contributed by atoms with van der Waals surface area (Å²) in [6.45, 7) is 8.92. The third-order valence-corrected chi connectivity index (χ3v) is 1.94. The van der Waals surface area contributed by atoms with Crippen LogP contribution in [0, 0.1) is 11.3 Å². The lowest BCUT2D eigenvalue weighted by molar-refractivity contribution is 0.816. The fourth-order valence-corrected chi connectivity index (χ4v) is 1.13. The van der Waals surface area contributed by atoms with Crippen molar-refractivity contribution >= 4 is 0 Å². The van der Waals surface area contributed by atoms with Crippen LogP contribution in [0.2, 0.25) is 0 Å². The van der Waals surface area contributed by atoms with Gasteiger partial charge in [-0.25, -0.2) is 0 Å². The van der Waals surface area contributed by atoms with E-state index in [2.05, 4.69) is 15.3 Å². The monoisotopic (exact) mass is 302 g/mol. The van der Waals surface area contributed by atoms with E-state index in [9.17, 15) is 0 Å². The van der Waals surface area contributed by atoms with Gasteiger partial charge in [-0.1, -0.05) is 35.1 Å². The van der Waals surface area contributed by atoms with Crippen LogP contribution < -0.4 is 5.32 Å². The van der Waals surface area contributed by atoms with Gasteiger partial charge >= 0.3 is 0 Å². The number of nitrogens with one attached hydrogen (secondary N) is 1. The van der Waals surface area contributed by atoms with Crippen molar-refractivity contribution in [3.63, 3.8) is 0 Å². The van der Waals surface area contributed by atoms with Gasteiger partial charge in [0, 0.05) is 31.3 Å². The molecule has 0 aliphatic heterocycles. The molecule has 0 saturated carbocycles. The van der Waals surface area contributed by atoms with E-state index in [1.54, 1.807) is 36.9 Å². The Labute approximate surface area is 136 Å². The van der Waals surface area contributed by atoms with Crippen LogP contribution in [0.1, 0.15) is 46.2 Å². The van der Waals surface area contributed by atoms with Crippen molar-refractivity contribution in [1.29, 1.82) is 5.26 Å². The highest BCUT2D eigenvalue weighted by Gasteiger charge is 1.84. The first-order valence-electron chi connectivity index (χ1n) is 7.20. The predicted molar refractivity (Wildman–Crippen MR) is 95.4 cm³/mol. The second kappa shape index (κ2) is 21.1. The lowest BCUT2D eigenvalue weighted by atomic mass is 10.3. The van der Waals surface area contributed by atoms with Gasteiger partial charge in [-0.05, 0) is 36.9 Å². The fourth-order valence-electron chi connectivity index (χ4n) is 1.13. The van der Waals surface area contributed by atoms with Gasteiger partial charge < -0.3 is 5.32 Å². The minimum Gasteiger partial charge on any atom is -0.316 e. The van der Waals surface area contributed by atoms with Gasteiger partial charge in [0.25, 0.3) is 0 Å². The molecular formula is C18H30N4. The summed E-state index contributed by atoms with van der Waals surface area (Å²) in [4.78, 5) is 7.64. The highest BCUT2D eigenvalue weighted by Crippen LogP contribution is 1.93. The first-order valence-corrected chi connectivity index (χ1v) is 7.20. The number of nitriles is 1. The molecule has 0 spiro atoms. The predicted octanol–water partition coefficient (Wildman–Crippen LogP) is 4.44. The molecule has 0 amide bonds. The van der Waals surface area contributed by atoms with Crippen molar-refractivity contribution in [2.24, 2.45) is 0 Å². The average Bonchev–Trinajstić information content (AvgIpc) is 2.61. The normalized spacial score (nSPS) is 7.27. The lowest BCUT2D eigenvalue weighted by Gasteiger charge is -1.95. The molecule has 2 rings (SSSR count). The molecule has 1 N–H and O–H groups in total. The molecule has 2 aromatic heterocycles. The van der Waals surface area contributed by atoms with Crippen LogP contribution in [0.3, 0.4) is 0 Å². The van der Waals surface area contributed by atoms with Crippen LogP contribution in [-0.2, 0) is 6.54 Å². The third-order valence-electron chi connectivity index (χ3n) is 1.94. The maximum Gasteiger partial charge on any atom is 0.0992 e. The SMILES string of the molecule is C.CC.CC.CNCc1ccncc1.N#Cc1ccncc1. The van der Waals surface area contributed by atoms with E-state index < -0.39 is 0 Å². The van der Waals surface area contributed by atoms with Crippen LogP contribution in [0.4, 0.5) is 0 Å². The molecule has 0 atom stereocenters. The number of hydrogen-bond acceptors (Lipinski definition) is 4. The average molecular weight is 302 g/mol. The smallest absolute Gasteiger partial charge is 0.0992 e. The molecule has 0 radical (unpaired) electrons. The summed E-state index contributed by atoms with van der Waals surface area (Å²) in [6, 6.07) is 9.31. The molecule has 0 fully saturated rings. The number of aromatic nitrogens is 2. The quantitative estimate of drug-likeness (QED) is 0.890. The molecule has 122 valence electrons. The van der Waals surface area contributed by atoms with Crippen LogP contribution in [0.15, 0.2) is 49.1 Å². The summed E-state index contributed by atoms with van der Waals surface area (Å²) in [5.74, 6) is 0. The molecule has 4 nitrogen and oxygen atoms in total. The van der Waals surface area contributed by atoms with Crippen molar-refractivity contribution in [3.05, 3.63) is 60.2 Å². The van der Waals surface area contributed by atoms with Crippen molar-refractivity contribution < 1.29 is 0 Å². The van der Waals surface area contributed by atoms with E-state index >= 15 is 0 Å². The zero-order chi connectivity index (χ0) is 16.3. The van der Waals surface area contributed by atoms with E-state index in [1.807, 2.05) is 52.9 Å². The molecule has 0 aliphatic carbocycles. The summed E-state index contributed by atoms with van der Waals surface area (Å²) in [7, 11) is 1.93. The first-order chi connectivity index (χ1) is 10.4. The summed E-state index contributed by atoms with van der Waals surface area (Å²) in [5, 5.41) is 11.3. The Kier molecular flexibility index (Phi) is 23.7. The summed E-state index contributed by atoms with van der Waals surface area (Å²) in [6.07, 6.45) is 6.79. The van der Waals surface area contributed by atoms with Gasteiger partial charge in [0.05, 0.1) is 11.6 Å². The van der Waals surface area contributed by atoms with E-state index in [0.29, 0.717) is 5.56 Å². The number of nitrogens with zero attached hydrogens (tertiary/aromatic N) is 3. The molecule has 0 aromatic carbocycles. The van der Waals surface area contributed by atoms with Crippen LogP contribution in [0.25, 0.3) is 0 Å². The Morgan fingerprint density at radius 1 is 0.909 bits per heavy atom. The number of hydrogen-bond donors (Lipinski definition) is 1. The largest absolute Gasteiger partial charge is 0.316 e. The van der Waals surface area contributed by atoms with Crippen molar-refractivity contribution in [3.8, 4) is 6.07 Å². The Bertz CT molecular complexity index is 450. The van der Waals surface area contributed by atoms with Gasteiger partial charge in [0.2, 0.25) is 0 Å². The van der Waals surface area contributed by atoms with Gasteiger partial charge in [0.15, 0.2) is 0 Å². The standard InChI is InChI=1S/C7H10N2.C6H4N2.2C2H6.CH4/c1-8-6-7-2-4-9-5-3-7;7-5-6-1-3-8-4-2-6;2*1-2;/h2-5,8H,6H2,1H3;1-4H;2*1-2H3;1H4. The minimum atomic E-state index is 0. The molecule has 4 heteroatoms. The Hall–Kier alpha value is -2.25. The van der Waals surface area contributed by atoms with Gasteiger partial charge in [-0.3, -0.25) is 9.97 Å². The first kappa shape index (κ1) is 24.7. The van der Waals surface area contributed by atoms with Crippen LogP contribution >= 0.6 is 0 Å². The summed E-state index contributed by atoms with van der Waals surface area (Å²) < 4.78 is 0. The molecule has 0 unspecified atom stereocenters. The summed E-state index contributed by atoms with van der Waals surface area (Å²) >= 11 is 0. The van der Waals surface area contributed by atoms with Crippen molar-refractivity contribution in [2.45, 2.75) is 41.7 Å². The molecule has 0 saturated heterocycles. The molecule has 0 aliphatic rings. The van der Waals surface area contributed by atoms with Gasteiger partial charge in [0.1, 0.15) is 0 Å². The molecular weight excluding hydrogens is 272 g/mol. The van der Waals surface area contributed by atoms with Gasteiger partial charge in [-0.2, -0.15) is 5.26 Å². The third kappa shape index (κ3) is 14.2. The highest BCUT2D eigenvalue weighted by atomic mass is 14.8. The van der Waals surface area contributed by atoms with Gasteiger partial charge in [-0.15, -0.1) is 0 Å². The molecule has 0 bridgehead atoms. The fraction of sp³-hybridized carbons (Fsp3) is 0.389. The van der Waals surface area contributed by atoms with E-state index in [0.717, 1.165) is 6.54 Å². The van der Waals surface area contributed by atoms with E-state index in [1.165, 1.54) is 5.56 Å². The zero-order valence-electron chi connectivity index (χ0n) is 13.7. The van der Waals surface area contributed by atoms with E-state index in [-0.39, 0.29) is 7.43 Å². The highest BCUT2D eigenvalue weighted by molar-refractivity contribution is 5.24. The Morgan fingerprint density at radius 2 is 1.32 bits per heavy atom. The lowest BCUT2D eigenvalue weighted by Crippen LogP contribution is -2.04. The topological polar surface area (TPSA) is 61.6 Å². The van der Waals surface area contributed by atoms with Crippen LogP contribution in [-0.4, -0.2) is 17.0 Å². The van der Waals surface area contributed by atoms with Crippen molar-refractivity contribution in [1.82, 2.24) is 15.3 Å². The summed E-state index contributed by atoms with van der Waals surface area (Å²) in [5.41, 5.74) is 1.92. The second-order valence-corrected chi connectivity index (χ2v) is 3.23. The minimum absolute atomic E-state index is 0. The molecule has 2 aromatic rings. The number of pyridine rings is 2. The Morgan fingerprint density at radius 3 is 1.64 bits per heavy atom. The zero-order valence-corrected chi connectivity index (χ0v) is 13.7. The van der Waals surface area contributed by atoms with Crippen molar-refractivity contribution in [2.75, 3.05) is 7.05 Å². The second-order valence-electron chi connectivity index (χ2n) is 3.23. The maximum absolute atomic E-state index is 8.26. The maximum atomic E-state index is 8.26. The molecule has 22 heavy (non-hydrogen) atoms. The Balaban J connectivity index is -0.000000259.